The van der Waals surface area contributed by atoms with Gasteiger partial charge in [-0.1, -0.05) is 19.1 Å². The number of carbonyl (C=O) groups excluding carboxylic acids is 1. The summed E-state index contributed by atoms with van der Waals surface area (Å²) in [6.45, 7) is 15.8. The maximum atomic E-state index is 12.4. The number of allylic oxidation sites excluding steroid dienone is 4. The SMILES string of the molecule is CC(C)(C)OC(=O)/C=C/C1=C(C2=C[C@H]3CC[C@H](OC(C)(C)C)[C@@]3(C)CC2)CCC2(C1)OCCO2. The van der Waals surface area contributed by atoms with E-state index < -0.39 is 11.4 Å². The zero-order chi connectivity index (χ0) is 24.8. The van der Waals surface area contributed by atoms with E-state index in [1.165, 1.54) is 17.6 Å². The maximum Gasteiger partial charge on any atom is 0.331 e. The van der Waals surface area contributed by atoms with Gasteiger partial charge in [-0.25, -0.2) is 4.79 Å². The van der Waals surface area contributed by atoms with Crippen LogP contribution in [0.3, 0.4) is 0 Å². The van der Waals surface area contributed by atoms with Crippen LogP contribution < -0.4 is 0 Å². The number of esters is 1. The van der Waals surface area contributed by atoms with Crippen molar-refractivity contribution in [2.24, 2.45) is 11.3 Å². The van der Waals surface area contributed by atoms with E-state index in [1.54, 1.807) is 6.08 Å². The Bertz CT molecular complexity index is 875. The van der Waals surface area contributed by atoms with Gasteiger partial charge in [0, 0.05) is 24.3 Å². The van der Waals surface area contributed by atoms with Crippen molar-refractivity contribution in [2.75, 3.05) is 13.2 Å². The standard InChI is InChI=1S/C29H44O5/c1-26(2,3)33-24-10-9-22-18-20(12-14-28(22,24)7)23-13-15-29(31-16-17-32-29)19-21(23)8-11-25(30)34-27(4,5)6/h8,11,18,22,24H,9-10,12-17,19H2,1-7H3/b11-8+/t22-,24+,28+/m1/s1. The Kier molecular flexibility index (Phi) is 6.96. The first-order valence-electron chi connectivity index (χ1n) is 13.1. The van der Waals surface area contributed by atoms with Gasteiger partial charge in [0.05, 0.1) is 24.9 Å². The van der Waals surface area contributed by atoms with Gasteiger partial charge in [0.2, 0.25) is 0 Å². The van der Waals surface area contributed by atoms with Crippen LogP contribution in [-0.2, 0) is 23.7 Å². The van der Waals surface area contributed by atoms with E-state index in [9.17, 15) is 4.79 Å². The Morgan fingerprint density at radius 1 is 1.03 bits per heavy atom. The summed E-state index contributed by atoms with van der Waals surface area (Å²) in [5, 5.41) is 0. The molecule has 0 aromatic carbocycles. The molecule has 4 rings (SSSR count). The molecule has 5 nitrogen and oxygen atoms in total. The average Bonchev–Trinajstić information content (AvgIpc) is 3.29. The van der Waals surface area contributed by atoms with E-state index in [2.05, 4.69) is 33.8 Å². The zero-order valence-electron chi connectivity index (χ0n) is 22.3. The highest BCUT2D eigenvalue weighted by molar-refractivity contribution is 5.83. The summed E-state index contributed by atoms with van der Waals surface area (Å²) < 4.78 is 24.1. The Hall–Kier alpha value is -1.43. The summed E-state index contributed by atoms with van der Waals surface area (Å²) in [6.07, 6.45) is 13.3. The smallest absolute Gasteiger partial charge is 0.331 e. The molecule has 0 unspecified atom stereocenters. The molecule has 0 aromatic heterocycles. The van der Waals surface area contributed by atoms with Gasteiger partial charge < -0.3 is 18.9 Å². The van der Waals surface area contributed by atoms with Gasteiger partial charge >= 0.3 is 5.97 Å². The molecule has 0 radical (unpaired) electrons. The van der Waals surface area contributed by atoms with Crippen molar-refractivity contribution in [1.82, 2.24) is 0 Å². The normalized spacial score (nSPS) is 31.8. The average molecular weight is 473 g/mol. The molecule has 0 bridgehead atoms. The number of fused-ring (bicyclic) bond motifs is 1. The van der Waals surface area contributed by atoms with Gasteiger partial charge in [-0.05, 0) is 96.3 Å². The van der Waals surface area contributed by atoms with Gasteiger partial charge in [-0.2, -0.15) is 0 Å². The zero-order valence-corrected chi connectivity index (χ0v) is 22.3. The van der Waals surface area contributed by atoms with Crippen LogP contribution in [0.2, 0.25) is 0 Å². The van der Waals surface area contributed by atoms with Gasteiger partial charge in [-0.15, -0.1) is 0 Å². The molecule has 34 heavy (non-hydrogen) atoms. The van der Waals surface area contributed by atoms with Crippen molar-refractivity contribution in [3.8, 4) is 0 Å². The lowest BCUT2D eigenvalue weighted by Gasteiger charge is -2.43. The lowest BCUT2D eigenvalue weighted by Crippen LogP contribution is -2.40. The second kappa shape index (κ2) is 9.22. The molecule has 5 heteroatoms. The Morgan fingerprint density at radius 2 is 1.74 bits per heavy atom. The van der Waals surface area contributed by atoms with E-state index in [0.29, 0.717) is 31.7 Å². The first-order valence-corrected chi connectivity index (χ1v) is 13.1. The third kappa shape index (κ3) is 5.68. The van der Waals surface area contributed by atoms with E-state index in [-0.39, 0.29) is 17.0 Å². The minimum Gasteiger partial charge on any atom is -0.457 e. The van der Waals surface area contributed by atoms with Gasteiger partial charge in [0.15, 0.2) is 5.79 Å². The van der Waals surface area contributed by atoms with Crippen molar-refractivity contribution < 1.29 is 23.7 Å². The topological polar surface area (TPSA) is 54.0 Å². The van der Waals surface area contributed by atoms with E-state index in [4.69, 9.17) is 18.9 Å². The van der Waals surface area contributed by atoms with Crippen LogP contribution in [-0.4, -0.2) is 42.3 Å². The third-order valence-corrected chi connectivity index (χ3v) is 7.79. The van der Waals surface area contributed by atoms with E-state index in [0.717, 1.165) is 37.7 Å². The fourth-order valence-corrected chi connectivity index (χ4v) is 6.19. The van der Waals surface area contributed by atoms with E-state index >= 15 is 0 Å². The summed E-state index contributed by atoms with van der Waals surface area (Å²) in [6, 6.07) is 0. The molecule has 0 amide bonds. The van der Waals surface area contributed by atoms with Crippen LogP contribution in [0.4, 0.5) is 0 Å². The van der Waals surface area contributed by atoms with E-state index in [1.807, 2.05) is 26.8 Å². The lowest BCUT2D eigenvalue weighted by molar-refractivity contribution is -0.162. The molecule has 190 valence electrons. The number of carbonyl (C=O) groups is 1. The minimum atomic E-state index is -0.542. The number of hydrogen-bond acceptors (Lipinski definition) is 5. The molecule has 0 N–H and O–H groups in total. The first-order chi connectivity index (χ1) is 15.8. The summed E-state index contributed by atoms with van der Waals surface area (Å²) in [4.78, 5) is 12.4. The highest BCUT2D eigenvalue weighted by Crippen LogP contribution is 2.55. The van der Waals surface area contributed by atoms with Crippen LogP contribution in [0.25, 0.3) is 0 Å². The fourth-order valence-electron chi connectivity index (χ4n) is 6.19. The largest absolute Gasteiger partial charge is 0.457 e. The van der Waals surface area contributed by atoms with Crippen molar-refractivity contribution in [3.63, 3.8) is 0 Å². The molecule has 1 saturated carbocycles. The van der Waals surface area contributed by atoms with Crippen molar-refractivity contribution in [3.05, 3.63) is 34.9 Å². The quantitative estimate of drug-likeness (QED) is 0.349. The van der Waals surface area contributed by atoms with Crippen LogP contribution in [0, 0.1) is 11.3 Å². The van der Waals surface area contributed by atoms with Crippen molar-refractivity contribution in [2.45, 2.75) is 117 Å². The molecule has 1 saturated heterocycles. The van der Waals surface area contributed by atoms with Crippen molar-refractivity contribution >= 4 is 5.97 Å². The molecule has 1 heterocycles. The third-order valence-electron chi connectivity index (χ3n) is 7.79. The molecule has 2 fully saturated rings. The fraction of sp³-hybridized carbons (Fsp3) is 0.759. The highest BCUT2D eigenvalue weighted by atomic mass is 16.7. The molecule has 1 aliphatic heterocycles. The lowest BCUT2D eigenvalue weighted by atomic mass is 9.67. The highest BCUT2D eigenvalue weighted by Gasteiger charge is 2.50. The molecule has 3 atom stereocenters. The monoisotopic (exact) mass is 472 g/mol. The second-order valence-electron chi connectivity index (χ2n) is 12.8. The molecular weight excluding hydrogens is 428 g/mol. The number of rotatable bonds is 4. The predicted octanol–water partition coefficient (Wildman–Crippen LogP) is 6.43. The van der Waals surface area contributed by atoms with Gasteiger partial charge in [0.1, 0.15) is 5.60 Å². The number of hydrogen-bond donors (Lipinski definition) is 0. The van der Waals surface area contributed by atoms with Crippen LogP contribution in [0.15, 0.2) is 34.9 Å². The molecule has 1 spiro atoms. The van der Waals surface area contributed by atoms with Crippen LogP contribution in [0.5, 0.6) is 0 Å². The molecule has 0 aromatic rings. The minimum absolute atomic E-state index is 0.117. The van der Waals surface area contributed by atoms with Gasteiger partial charge in [-0.3, -0.25) is 0 Å². The van der Waals surface area contributed by atoms with Crippen LogP contribution in [0.1, 0.15) is 93.4 Å². The summed E-state index contributed by atoms with van der Waals surface area (Å²) >= 11 is 0. The maximum absolute atomic E-state index is 12.4. The first kappa shape index (κ1) is 25.7. The van der Waals surface area contributed by atoms with Crippen molar-refractivity contribution in [1.29, 1.82) is 0 Å². The molecular formula is C29H44O5. The number of ether oxygens (including phenoxy) is 4. The molecule has 4 aliphatic rings. The molecule has 3 aliphatic carbocycles. The Balaban J connectivity index is 1.60. The summed E-state index contributed by atoms with van der Waals surface area (Å²) in [5.41, 5.74) is 3.52. The Labute approximate surface area is 205 Å². The Morgan fingerprint density at radius 3 is 2.38 bits per heavy atom. The summed E-state index contributed by atoms with van der Waals surface area (Å²) in [7, 11) is 0. The summed E-state index contributed by atoms with van der Waals surface area (Å²) in [5.74, 6) is -0.322. The predicted molar refractivity (Wildman–Crippen MR) is 133 cm³/mol. The second-order valence-corrected chi connectivity index (χ2v) is 12.8. The van der Waals surface area contributed by atoms with Gasteiger partial charge in [0.25, 0.3) is 0 Å². The van der Waals surface area contributed by atoms with Crippen LogP contribution >= 0.6 is 0 Å².